The van der Waals surface area contributed by atoms with Gasteiger partial charge in [0, 0.05) is 22.8 Å². The van der Waals surface area contributed by atoms with E-state index in [-0.39, 0.29) is 0 Å². The van der Waals surface area contributed by atoms with Gasteiger partial charge in [-0.1, -0.05) is 0 Å². The zero-order valence-electron chi connectivity index (χ0n) is 9.75. The van der Waals surface area contributed by atoms with Gasteiger partial charge in [-0.15, -0.1) is 22.7 Å². The summed E-state index contributed by atoms with van der Waals surface area (Å²) >= 11 is 3.70. The average molecular weight is 251 g/mol. The van der Waals surface area contributed by atoms with Crippen LogP contribution in [0.4, 0.5) is 0 Å². The van der Waals surface area contributed by atoms with Crippen LogP contribution in [-0.4, -0.2) is 6.54 Å². The molecular weight excluding hydrogens is 234 g/mol. The molecule has 1 nitrogen and oxygen atoms in total. The minimum Gasteiger partial charge on any atom is -0.311 e. The Labute approximate surface area is 105 Å². The average Bonchev–Trinajstić information content (AvgIpc) is 2.84. The van der Waals surface area contributed by atoms with Crippen molar-refractivity contribution in [3.63, 3.8) is 0 Å². The van der Waals surface area contributed by atoms with E-state index in [2.05, 4.69) is 42.1 Å². The minimum atomic E-state index is 1.01. The second-order valence-electron chi connectivity index (χ2n) is 3.98. The molecule has 2 aromatic rings. The van der Waals surface area contributed by atoms with Crippen molar-refractivity contribution < 1.29 is 0 Å². The van der Waals surface area contributed by atoms with Crippen molar-refractivity contribution in [3.05, 3.63) is 43.8 Å². The smallest absolute Gasteiger partial charge is 0.0302 e. The molecule has 2 aromatic heterocycles. The predicted molar refractivity (Wildman–Crippen MR) is 73.5 cm³/mol. The van der Waals surface area contributed by atoms with Crippen molar-refractivity contribution in [2.24, 2.45) is 0 Å². The molecule has 0 amide bonds. The first-order chi connectivity index (χ1) is 7.77. The first-order valence-corrected chi connectivity index (χ1v) is 7.30. The van der Waals surface area contributed by atoms with Gasteiger partial charge in [0.25, 0.3) is 0 Å². The first kappa shape index (κ1) is 11.8. The van der Waals surface area contributed by atoms with Crippen LogP contribution in [0.25, 0.3) is 0 Å². The van der Waals surface area contributed by atoms with Crippen molar-refractivity contribution in [2.45, 2.75) is 26.8 Å². The fraction of sp³-hybridized carbons (Fsp3) is 0.385. The molecule has 0 aliphatic heterocycles. The van der Waals surface area contributed by atoms with E-state index in [1.165, 1.54) is 20.9 Å². The molecule has 1 N–H and O–H groups in total. The monoisotopic (exact) mass is 251 g/mol. The highest BCUT2D eigenvalue weighted by molar-refractivity contribution is 7.10. The van der Waals surface area contributed by atoms with E-state index < -0.39 is 0 Å². The standard InChI is InChI=1S/C13H17NS2/c1-10-4-7-15-12(10)3-6-14-9-13-11(2)5-8-16-13/h4-5,7-8,14H,3,6,9H2,1-2H3. The zero-order chi connectivity index (χ0) is 11.4. The predicted octanol–water partition coefficient (Wildman–Crippen LogP) is 3.76. The molecule has 0 aliphatic rings. The fourth-order valence-corrected chi connectivity index (χ4v) is 3.44. The normalized spacial score (nSPS) is 10.9. The maximum absolute atomic E-state index is 3.51. The van der Waals surface area contributed by atoms with Crippen LogP contribution in [0.5, 0.6) is 0 Å². The van der Waals surface area contributed by atoms with Gasteiger partial charge in [-0.25, -0.2) is 0 Å². The van der Waals surface area contributed by atoms with Crippen LogP contribution in [0.2, 0.25) is 0 Å². The maximum Gasteiger partial charge on any atom is 0.0302 e. The van der Waals surface area contributed by atoms with E-state index >= 15 is 0 Å². The topological polar surface area (TPSA) is 12.0 Å². The maximum atomic E-state index is 3.51. The van der Waals surface area contributed by atoms with Crippen molar-refractivity contribution >= 4 is 22.7 Å². The Morgan fingerprint density at radius 1 is 1.00 bits per heavy atom. The Kier molecular flexibility index (Phi) is 4.16. The molecule has 3 heteroatoms. The van der Waals surface area contributed by atoms with Crippen LogP contribution in [-0.2, 0) is 13.0 Å². The molecule has 0 unspecified atom stereocenters. The number of hydrogen-bond acceptors (Lipinski definition) is 3. The molecule has 2 rings (SSSR count). The number of aryl methyl sites for hydroxylation is 2. The molecular formula is C13H17NS2. The number of rotatable bonds is 5. The zero-order valence-corrected chi connectivity index (χ0v) is 11.4. The highest BCUT2D eigenvalue weighted by Crippen LogP contribution is 2.16. The summed E-state index contributed by atoms with van der Waals surface area (Å²) in [7, 11) is 0. The molecule has 0 aliphatic carbocycles. The van der Waals surface area contributed by atoms with Crippen molar-refractivity contribution in [1.82, 2.24) is 5.32 Å². The Balaban J connectivity index is 1.74. The lowest BCUT2D eigenvalue weighted by Crippen LogP contribution is -2.16. The third-order valence-electron chi connectivity index (χ3n) is 2.75. The summed E-state index contributed by atoms with van der Waals surface area (Å²) in [5.41, 5.74) is 2.84. The van der Waals surface area contributed by atoms with Gasteiger partial charge in [0.05, 0.1) is 0 Å². The summed E-state index contributed by atoms with van der Waals surface area (Å²) in [6, 6.07) is 4.38. The summed E-state index contributed by atoms with van der Waals surface area (Å²) in [5, 5.41) is 7.85. The number of thiophene rings is 2. The van der Waals surface area contributed by atoms with Gasteiger partial charge < -0.3 is 5.32 Å². The van der Waals surface area contributed by atoms with Crippen molar-refractivity contribution in [2.75, 3.05) is 6.54 Å². The summed E-state index contributed by atoms with van der Waals surface area (Å²) in [6.45, 7) is 6.44. The molecule has 0 bridgehead atoms. The van der Waals surface area contributed by atoms with E-state index in [4.69, 9.17) is 0 Å². The highest BCUT2D eigenvalue weighted by atomic mass is 32.1. The van der Waals surface area contributed by atoms with Gasteiger partial charge in [-0.3, -0.25) is 0 Å². The van der Waals surface area contributed by atoms with E-state index in [0.29, 0.717) is 0 Å². The van der Waals surface area contributed by atoms with Crippen LogP contribution in [0, 0.1) is 13.8 Å². The Morgan fingerprint density at radius 2 is 1.62 bits per heavy atom. The van der Waals surface area contributed by atoms with Gasteiger partial charge in [-0.2, -0.15) is 0 Å². The van der Waals surface area contributed by atoms with E-state index in [1.807, 2.05) is 22.7 Å². The van der Waals surface area contributed by atoms with Crippen LogP contribution in [0.3, 0.4) is 0 Å². The lowest BCUT2D eigenvalue weighted by atomic mass is 10.2. The van der Waals surface area contributed by atoms with E-state index in [1.54, 1.807) is 0 Å². The molecule has 0 atom stereocenters. The SMILES string of the molecule is Cc1ccsc1CCNCc1sccc1C. The molecule has 0 saturated heterocycles. The van der Waals surface area contributed by atoms with Gasteiger partial charge in [0.15, 0.2) is 0 Å². The van der Waals surface area contributed by atoms with Crippen molar-refractivity contribution in [1.29, 1.82) is 0 Å². The molecule has 0 saturated carbocycles. The van der Waals surface area contributed by atoms with Crippen LogP contribution in [0.15, 0.2) is 22.9 Å². The quantitative estimate of drug-likeness (QED) is 0.798. The third kappa shape index (κ3) is 2.94. The van der Waals surface area contributed by atoms with Crippen molar-refractivity contribution in [3.8, 4) is 0 Å². The first-order valence-electron chi connectivity index (χ1n) is 5.54. The molecule has 0 radical (unpaired) electrons. The Morgan fingerprint density at radius 3 is 2.19 bits per heavy atom. The minimum absolute atomic E-state index is 1.01. The van der Waals surface area contributed by atoms with Gasteiger partial charge in [0.2, 0.25) is 0 Å². The second kappa shape index (κ2) is 5.62. The van der Waals surface area contributed by atoms with Gasteiger partial charge >= 0.3 is 0 Å². The summed E-state index contributed by atoms with van der Waals surface area (Å²) in [4.78, 5) is 2.97. The lowest BCUT2D eigenvalue weighted by molar-refractivity contribution is 0.694. The molecule has 0 fully saturated rings. The highest BCUT2D eigenvalue weighted by Gasteiger charge is 2.01. The summed E-state index contributed by atoms with van der Waals surface area (Å²) in [6.07, 6.45) is 1.15. The van der Waals surface area contributed by atoms with E-state index in [0.717, 1.165) is 19.5 Å². The number of hydrogen-bond donors (Lipinski definition) is 1. The Hall–Kier alpha value is -0.640. The van der Waals surface area contributed by atoms with Crippen LogP contribution >= 0.6 is 22.7 Å². The molecule has 16 heavy (non-hydrogen) atoms. The molecule has 0 spiro atoms. The van der Waals surface area contributed by atoms with Crippen LogP contribution < -0.4 is 5.32 Å². The number of nitrogens with one attached hydrogen (secondary N) is 1. The third-order valence-corrected chi connectivity index (χ3v) is 4.86. The van der Waals surface area contributed by atoms with Crippen LogP contribution in [0.1, 0.15) is 20.9 Å². The second-order valence-corrected chi connectivity index (χ2v) is 5.98. The molecule has 0 aromatic carbocycles. The molecule has 2 heterocycles. The summed E-state index contributed by atoms with van der Waals surface area (Å²) in [5.74, 6) is 0. The Bertz CT molecular complexity index is 400. The molecule has 86 valence electrons. The largest absolute Gasteiger partial charge is 0.311 e. The van der Waals surface area contributed by atoms with E-state index in [9.17, 15) is 0 Å². The fourth-order valence-electron chi connectivity index (χ4n) is 1.65. The lowest BCUT2D eigenvalue weighted by Gasteiger charge is -2.03. The van der Waals surface area contributed by atoms with Gasteiger partial charge in [0.1, 0.15) is 0 Å². The van der Waals surface area contributed by atoms with Gasteiger partial charge in [-0.05, 0) is 54.3 Å². The summed E-state index contributed by atoms with van der Waals surface area (Å²) < 4.78 is 0.